The third-order valence-electron chi connectivity index (χ3n) is 2.85. The van der Waals surface area contributed by atoms with E-state index in [1.165, 1.54) is 0 Å². The largest absolute Gasteiger partial charge is 0.373 e. The van der Waals surface area contributed by atoms with Crippen molar-refractivity contribution < 1.29 is 4.79 Å². The molecule has 1 N–H and O–H groups in total. The third-order valence-corrected chi connectivity index (χ3v) is 2.85. The first-order valence-electron chi connectivity index (χ1n) is 6.36. The quantitative estimate of drug-likeness (QED) is 0.872. The van der Waals surface area contributed by atoms with E-state index in [0.717, 1.165) is 24.5 Å². The van der Waals surface area contributed by atoms with Crippen LogP contribution in [0, 0.1) is 12.8 Å². The summed E-state index contributed by atoms with van der Waals surface area (Å²) in [6.07, 6.45) is 1.02. The van der Waals surface area contributed by atoms with Crippen molar-refractivity contribution in [3.63, 3.8) is 0 Å². The Kier molecular flexibility index (Phi) is 5.13. The molecule has 0 fully saturated rings. The SMILES string of the molecule is CNc1cc(C(=O)N(C)CCC(C)C)cc(C)n1. The molecule has 0 saturated carbocycles. The number of anilines is 1. The highest BCUT2D eigenvalue weighted by atomic mass is 16.2. The van der Waals surface area contributed by atoms with Gasteiger partial charge in [-0.1, -0.05) is 13.8 Å². The van der Waals surface area contributed by atoms with Gasteiger partial charge in [0.05, 0.1) is 0 Å². The van der Waals surface area contributed by atoms with Crippen LogP contribution in [0.1, 0.15) is 36.3 Å². The van der Waals surface area contributed by atoms with Gasteiger partial charge in [-0.15, -0.1) is 0 Å². The zero-order chi connectivity index (χ0) is 13.7. The topological polar surface area (TPSA) is 45.2 Å². The van der Waals surface area contributed by atoms with Crippen LogP contribution < -0.4 is 5.32 Å². The van der Waals surface area contributed by atoms with Crippen LogP contribution >= 0.6 is 0 Å². The second kappa shape index (κ2) is 6.38. The number of pyridine rings is 1. The summed E-state index contributed by atoms with van der Waals surface area (Å²) in [6.45, 7) is 7.00. The lowest BCUT2D eigenvalue weighted by Crippen LogP contribution is -2.28. The molecule has 0 aliphatic carbocycles. The van der Waals surface area contributed by atoms with Gasteiger partial charge in [0.1, 0.15) is 5.82 Å². The van der Waals surface area contributed by atoms with Gasteiger partial charge in [-0.25, -0.2) is 4.98 Å². The Morgan fingerprint density at radius 3 is 2.67 bits per heavy atom. The van der Waals surface area contributed by atoms with Crippen molar-refractivity contribution in [3.05, 3.63) is 23.4 Å². The molecule has 1 heterocycles. The number of hydrogen-bond donors (Lipinski definition) is 1. The molecule has 0 aliphatic rings. The summed E-state index contributed by atoms with van der Waals surface area (Å²) in [6, 6.07) is 3.62. The van der Waals surface area contributed by atoms with Crippen LogP contribution in [0.15, 0.2) is 12.1 Å². The van der Waals surface area contributed by atoms with Crippen LogP contribution in [-0.2, 0) is 0 Å². The molecule has 0 aromatic carbocycles. The lowest BCUT2D eigenvalue weighted by molar-refractivity contribution is 0.0789. The zero-order valence-electron chi connectivity index (χ0n) is 11.9. The first-order valence-corrected chi connectivity index (χ1v) is 6.36. The fourth-order valence-corrected chi connectivity index (χ4v) is 1.69. The number of nitrogens with zero attached hydrogens (tertiary/aromatic N) is 2. The van der Waals surface area contributed by atoms with Gasteiger partial charge in [0, 0.05) is 31.9 Å². The van der Waals surface area contributed by atoms with Crippen molar-refractivity contribution in [2.75, 3.05) is 26.0 Å². The summed E-state index contributed by atoms with van der Waals surface area (Å²) >= 11 is 0. The monoisotopic (exact) mass is 249 g/mol. The van der Waals surface area contributed by atoms with E-state index in [-0.39, 0.29) is 5.91 Å². The maximum absolute atomic E-state index is 12.2. The lowest BCUT2D eigenvalue weighted by Gasteiger charge is -2.19. The van der Waals surface area contributed by atoms with E-state index < -0.39 is 0 Å². The van der Waals surface area contributed by atoms with Gasteiger partial charge in [0.2, 0.25) is 0 Å². The fourth-order valence-electron chi connectivity index (χ4n) is 1.69. The average Bonchev–Trinajstić information content (AvgIpc) is 2.34. The molecule has 0 saturated heterocycles. The predicted octanol–water partition coefficient (Wildman–Crippen LogP) is 2.55. The molecular formula is C14H23N3O. The molecule has 1 aromatic rings. The van der Waals surface area contributed by atoms with Crippen LogP contribution in [0.3, 0.4) is 0 Å². The Bertz CT molecular complexity index is 416. The number of hydrogen-bond acceptors (Lipinski definition) is 3. The van der Waals surface area contributed by atoms with Crippen molar-refractivity contribution in [1.29, 1.82) is 0 Å². The van der Waals surface area contributed by atoms with E-state index >= 15 is 0 Å². The summed E-state index contributed by atoms with van der Waals surface area (Å²) in [4.78, 5) is 18.3. The molecule has 0 aliphatic heterocycles. The molecule has 0 unspecified atom stereocenters. The van der Waals surface area contributed by atoms with E-state index in [0.29, 0.717) is 11.5 Å². The minimum atomic E-state index is 0.0534. The Morgan fingerprint density at radius 2 is 2.11 bits per heavy atom. The van der Waals surface area contributed by atoms with E-state index in [9.17, 15) is 4.79 Å². The predicted molar refractivity (Wildman–Crippen MR) is 74.9 cm³/mol. The van der Waals surface area contributed by atoms with Gasteiger partial charge in [0.15, 0.2) is 0 Å². The number of nitrogens with one attached hydrogen (secondary N) is 1. The van der Waals surface area contributed by atoms with Crippen LogP contribution in [0.4, 0.5) is 5.82 Å². The Labute approximate surface area is 109 Å². The maximum Gasteiger partial charge on any atom is 0.253 e. The summed E-state index contributed by atoms with van der Waals surface area (Å²) in [7, 11) is 3.65. The zero-order valence-corrected chi connectivity index (χ0v) is 11.9. The summed E-state index contributed by atoms with van der Waals surface area (Å²) in [5.41, 5.74) is 1.54. The van der Waals surface area contributed by atoms with E-state index in [2.05, 4.69) is 24.1 Å². The van der Waals surface area contributed by atoms with Gasteiger partial charge < -0.3 is 10.2 Å². The Hall–Kier alpha value is -1.58. The molecule has 0 radical (unpaired) electrons. The van der Waals surface area contributed by atoms with Gasteiger partial charge in [-0.2, -0.15) is 0 Å². The van der Waals surface area contributed by atoms with Gasteiger partial charge >= 0.3 is 0 Å². The normalized spacial score (nSPS) is 10.6. The fraction of sp³-hybridized carbons (Fsp3) is 0.571. The number of aromatic nitrogens is 1. The summed E-state index contributed by atoms with van der Waals surface area (Å²) in [5, 5.41) is 2.97. The molecule has 4 heteroatoms. The molecular weight excluding hydrogens is 226 g/mol. The van der Waals surface area contributed by atoms with E-state index in [4.69, 9.17) is 0 Å². The second-order valence-corrected chi connectivity index (χ2v) is 5.04. The number of amides is 1. The van der Waals surface area contributed by atoms with Gasteiger partial charge in [-0.05, 0) is 31.4 Å². The highest BCUT2D eigenvalue weighted by molar-refractivity contribution is 5.94. The van der Waals surface area contributed by atoms with Crippen molar-refractivity contribution in [3.8, 4) is 0 Å². The molecule has 1 rings (SSSR count). The molecule has 100 valence electrons. The minimum Gasteiger partial charge on any atom is -0.373 e. The second-order valence-electron chi connectivity index (χ2n) is 5.04. The van der Waals surface area contributed by atoms with Crippen molar-refractivity contribution >= 4 is 11.7 Å². The van der Waals surface area contributed by atoms with E-state index in [1.54, 1.807) is 18.0 Å². The first kappa shape index (κ1) is 14.5. The molecule has 0 atom stereocenters. The van der Waals surface area contributed by atoms with Gasteiger partial charge in [0.25, 0.3) is 5.91 Å². The standard InChI is InChI=1S/C14H23N3O/c1-10(2)6-7-17(5)14(18)12-8-11(3)16-13(9-12)15-4/h8-10H,6-7H2,1-5H3,(H,15,16). The van der Waals surface area contributed by atoms with Gasteiger partial charge in [-0.3, -0.25) is 4.79 Å². The van der Waals surface area contributed by atoms with Crippen molar-refractivity contribution in [2.24, 2.45) is 5.92 Å². The summed E-state index contributed by atoms with van der Waals surface area (Å²) < 4.78 is 0. The molecule has 1 aromatic heterocycles. The molecule has 18 heavy (non-hydrogen) atoms. The first-order chi connectivity index (χ1) is 8.43. The highest BCUT2D eigenvalue weighted by Gasteiger charge is 2.13. The number of aryl methyl sites for hydroxylation is 1. The number of carbonyl (C=O) groups excluding carboxylic acids is 1. The number of rotatable bonds is 5. The third kappa shape index (κ3) is 4.02. The van der Waals surface area contributed by atoms with Crippen LogP contribution in [0.5, 0.6) is 0 Å². The Balaban J connectivity index is 2.79. The minimum absolute atomic E-state index is 0.0534. The molecule has 0 spiro atoms. The molecule has 1 amide bonds. The average molecular weight is 249 g/mol. The van der Waals surface area contributed by atoms with Crippen LogP contribution in [0.2, 0.25) is 0 Å². The summed E-state index contributed by atoms with van der Waals surface area (Å²) in [5.74, 6) is 1.39. The lowest BCUT2D eigenvalue weighted by atomic mass is 10.1. The van der Waals surface area contributed by atoms with Crippen LogP contribution in [-0.4, -0.2) is 36.4 Å². The maximum atomic E-state index is 12.2. The molecule has 4 nitrogen and oxygen atoms in total. The van der Waals surface area contributed by atoms with Crippen molar-refractivity contribution in [1.82, 2.24) is 9.88 Å². The Morgan fingerprint density at radius 1 is 1.44 bits per heavy atom. The van der Waals surface area contributed by atoms with Crippen LogP contribution in [0.25, 0.3) is 0 Å². The molecule has 0 bridgehead atoms. The highest BCUT2D eigenvalue weighted by Crippen LogP contribution is 2.12. The van der Waals surface area contributed by atoms with Crippen molar-refractivity contribution in [2.45, 2.75) is 27.2 Å². The smallest absolute Gasteiger partial charge is 0.253 e. The number of carbonyl (C=O) groups is 1. The van der Waals surface area contributed by atoms with E-state index in [1.807, 2.05) is 20.0 Å².